The van der Waals surface area contributed by atoms with Gasteiger partial charge in [0.05, 0.1) is 18.8 Å². The summed E-state index contributed by atoms with van der Waals surface area (Å²) >= 11 is 0. The molecule has 6 heteroatoms. The highest BCUT2D eigenvalue weighted by Gasteiger charge is 2.31. The van der Waals surface area contributed by atoms with Crippen LogP contribution in [0, 0.1) is 0 Å². The van der Waals surface area contributed by atoms with Gasteiger partial charge >= 0.3 is 5.97 Å². The fourth-order valence-corrected chi connectivity index (χ4v) is 2.64. The summed E-state index contributed by atoms with van der Waals surface area (Å²) in [5.41, 5.74) is 0.881. The van der Waals surface area contributed by atoms with Gasteiger partial charge in [-0.15, -0.1) is 0 Å². The number of H-pyrrole nitrogens is 1. The van der Waals surface area contributed by atoms with Crippen molar-refractivity contribution >= 4 is 22.7 Å². The summed E-state index contributed by atoms with van der Waals surface area (Å²) in [7, 11) is 1.43. The average molecular weight is 260 g/mol. The topological polar surface area (TPSA) is 71.1 Å². The lowest BCUT2D eigenvalue weighted by Gasteiger charge is -2.34. The zero-order valence-electron chi connectivity index (χ0n) is 10.8. The van der Waals surface area contributed by atoms with Crippen LogP contribution >= 0.6 is 0 Å². The van der Waals surface area contributed by atoms with Crippen LogP contribution in [0.2, 0.25) is 0 Å². The van der Waals surface area contributed by atoms with Crippen molar-refractivity contribution < 1.29 is 9.53 Å². The molecule has 6 nitrogen and oxygen atoms in total. The van der Waals surface area contributed by atoms with Gasteiger partial charge in [0.15, 0.2) is 5.82 Å². The van der Waals surface area contributed by atoms with Gasteiger partial charge in [-0.05, 0) is 25.3 Å². The normalized spacial score (nSPS) is 19.6. The molecule has 2 aromatic heterocycles. The third-order valence-electron chi connectivity index (χ3n) is 3.59. The van der Waals surface area contributed by atoms with Gasteiger partial charge in [0.2, 0.25) is 0 Å². The number of esters is 1. The number of piperidine rings is 1. The second-order valence-corrected chi connectivity index (χ2v) is 4.70. The Morgan fingerprint density at radius 2 is 2.42 bits per heavy atom. The second kappa shape index (κ2) is 4.87. The number of rotatable bonds is 2. The fraction of sp³-hybridized carbons (Fsp3) is 0.462. The summed E-state index contributed by atoms with van der Waals surface area (Å²) in [6.45, 7) is 0.821. The van der Waals surface area contributed by atoms with Crippen LogP contribution in [-0.2, 0) is 9.53 Å². The predicted octanol–water partition coefficient (Wildman–Crippen LogP) is 1.49. The second-order valence-electron chi connectivity index (χ2n) is 4.70. The zero-order valence-corrected chi connectivity index (χ0v) is 10.8. The molecular formula is C13H16N4O2. The number of carbonyl (C=O) groups excluding carboxylic acids is 1. The highest BCUT2D eigenvalue weighted by Crippen LogP contribution is 2.29. The Labute approximate surface area is 110 Å². The highest BCUT2D eigenvalue weighted by molar-refractivity contribution is 5.92. The van der Waals surface area contributed by atoms with Gasteiger partial charge in [-0.1, -0.05) is 0 Å². The van der Waals surface area contributed by atoms with E-state index in [4.69, 9.17) is 4.74 Å². The Morgan fingerprint density at radius 1 is 1.53 bits per heavy atom. The Kier molecular flexibility index (Phi) is 3.06. The lowest BCUT2D eigenvalue weighted by Crippen LogP contribution is -2.45. The number of methoxy groups -OCH3 is 1. The Balaban J connectivity index is 2.00. The number of anilines is 1. The molecule has 3 rings (SSSR count). The van der Waals surface area contributed by atoms with Gasteiger partial charge in [0.1, 0.15) is 6.04 Å². The standard InChI is InChI=1S/C13H16N4O2/c1-19-13(18)11-4-2-3-7-17(11)12-9-5-6-14-8-10(9)15-16-12/h5-6,8,11H,2-4,7H2,1H3,(H,15,16)/t11-/m1/s1. The van der Waals surface area contributed by atoms with Crippen molar-refractivity contribution in [2.24, 2.45) is 0 Å². The summed E-state index contributed by atoms with van der Waals surface area (Å²) < 4.78 is 4.90. The number of nitrogens with zero attached hydrogens (tertiary/aromatic N) is 3. The maximum absolute atomic E-state index is 11.9. The number of hydrogen-bond donors (Lipinski definition) is 1. The summed E-state index contributed by atoms with van der Waals surface area (Å²) in [6.07, 6.45) is 6.39. The van der Waals surface area contributed by atoms with Crippen molar-refractivity contribution in [1.82, 2.24) is 15.2 Å². The molecule has 1 saturated heterocycles. The Hall–Kier alpha value is -2.11. The molecule has 1 fully saturated rings. The van der Waals surface area contributed by atoms with Crippen LogP contribution in [0.25, 0.3) is 10.9 Å². The monoisotopic (exact) mass is 260 g/mol. The molecule has 0 unspecified atom stereocenters. The fourth-order valence-electron chi connectivity index (χ4n) is 2.64. The van der Waals surface area contributed by atoms with Gasteiger partial charge in [-0.3, -0.25) is 10.1 Å². The minimum Gasteiger partial charge on any atom is -0.467 e. The number of aromatic nitrogens is 3. The molecule has 1 N–H and O–H groups in total. The van der Waals surface area contributed by atoms with Crippen LogP contribution in [0.3, 0.4) is 0 Å². The van der Waals surface area contributed by atoms with Crippen molar-refractivity contribution in [2.45, 2.75) is 25.3 Å². The smallest absolute Gasteiger partial charge is 0.328 e. The molecule has 0 amide bonds. The van der Waals surface area contributed by atoms with Gasteiger partial charge in [0, 0.05) is 18.1 Å². The third-order valence-corrected chi connectivity index (χ3v) is 3.59. The largest absolute Gasteiger partial charge is 0.467 e. The molecule has 100 valence electrons. The van der Waals surface area contributed by atoms with Crippen molar-refractivity contribution in [1.29, 1.82) is 0 Å². The first-order valence-corrected chi connectivity index (χ1v) is 6.44. The number of pyridine rings is 1. The SMILES string of the molecule is COC(=O)[C@H]1CCCCN1c1n[nH]c2cnccc12. The van der Waals surface area contributed by atoms with Gasteiger partial charge < -0.3 is 9.64 Å². The van der Waals surface area contributed by atoms with E-state index in [1.54, 1.807) is 12.4 Å². The van der Waals surface area contributed by atoms with E-state index in [-0.39, 0.29) is 12.0 Å². The number of fused-ring (bicyclic) bond motifs is 1. The van der Waals surface area contributed by atoms with E-state index in [0.29, 0.717) is 0 Å². The minimum atomic E-state index is -0.238. The molecule has 0 bridgehead atoms. The van der Waals surface area contributed by atoms with E-state index in [1.165, 1.54) is 7.11 Å². The first kappa shape index (κ1) is 12.0. The van der Waals surface area contributed by atoms with Gasteiger partial charge in [-0.2, -0.15) is 5.10 Å². The van der Waals surface area contributed by atoms with E-state index in [0.717, 1.165) is 42.5 Å². The Bertz CT molecular complexity index is 595. The molecule has 2 aromatic rings. The molecule has 0 spiro atoms. The van der Waals surface area contributed by atoms with E-state index in [9.17, 15) is 4.79 Å². The average Bonchev–Trinajstić information content (AvgIpc) is 2.90. The summed E-state index contributed by atoms with van der Waals surface area (Å²) in [6, 6.07) is 1.68. The van der Waals surface area contributed by atoms with Crippen LogP contribution in [0.4, 0.5) is 5.82 Å². The van der Waals surface area contributed by atoms with Crippen molar-refractivity contribution in [3.8, 4) is 0 Å². The quantitative estimate of drug-likeness (QED) is 0.828. The van der Waals surface area contributed by atoms with Crippen molar-refractivity contribution in [3.63, 3.8) is 0 Å². The molecule has 1 aliphatic rings. The van der Waals surface area contributed by atoms with Crippen LogP contribution in [0.15, 0.2) is 18.5 Å². The third kappa shape index (κ3) is 2.03. The molecule has 0 aromatic carbocycles. The van der Waals surface area contributed by atoms with Gasteiger partial charge in [0.25, 0.3) is 0 Å². The first-order chi connectivity index (χ1) is 9.31. The number of hydrogen-bond acceptors (Lipinski definition) is 5. The van der Waals surface area contributed by atoms with Crippen LogP contribution in [-0.4, -0.2) is 40.8 Å². The number of aromatic amines is 1. The number of carbonyl (C=O) groups is 1. The number of nitrogens with one attached hydrogen (secondary N) is 1. The highest BCUT2D eigenvalue weighted by atomic mass is 16.5. The number of ether oxygens (including phenoxy) is 1. The van der Waals surface area contributed by atoms with Crippen LogP contribution in [0.1, 0.15) is 19.3 Å². The molecule has 0 radical (unpaired) electrons. The van der Waals surface area contributed by atoms with Crippen molar-refractivity contribution in [2.75, 3.05) is 18.6 Å². The molecular weight excluding hydrogens is 244 g/mol. The predicted molar refractivity (Wildman–Crippen MR) is 70.9 cm³/mol. The van der Waals surface area contributed by atoms with Crippen LogP contribution in [0.5, 0.6) is 0 Å². The molecule has 1 atom stereocenters. The lowest BCUT2D eigenvalue weighted by molar-refractivity contribution is -0.142. The van der Waals surface area contributed by atoms with E-state index < -0.39 is 0 Å². The minimum absolute atomic E-state index is 0.190. The van der Waals surface area contributed by atoms with Crippen LogP contribution < -0.4 is 4.90 Å². The summed E-state index contributed by atoms with van der Waals surface area (Å²) in [4.78, 5) is 18.0. The first-order valence-electron chi connectivity index (χ1n) is 6.44. The zero-order chi connectivity index (χ0) is 13.2. The van der Waals surface area contributed by atoms with E-state index in [1.807, 2.05) is 11.0 Å². The molecule has 1 aliphatic heterocycles. The maximum Gasteiger partial charge on any atom is 0.328 e. The maximum atomic E-state index is 11.9. The molecule has 19 heavy (non-hydrogen) atoms. The Morgan fingerprint density at radius 3 is 3.26 bits per heavy atom. The molecule has 3 heterocycles. The summed E-state index contributed by atoms with van der Waals surface area (Å²) in [5.74, 6) is 0.623. The summed E-state index contributed by atoms with van der Waals surface area (Å²) in [5, 5.41) is 8.29. The van der Waals surface area contributed by atoms with E-state index in [2.05, 4.69) is 15.2 Å². The van der Waals surface area contributed by atoms with E-state index >= 15 is 0 Å². The lowest BCUT2D eigenvalue weighted by atomic mass is 10.0. The van der Waals surface area contributed by atoms with Crippen molar-refractivity contribution in [3.05, 3.63) is 18.5 Å². The molecule has 0 saturated carbocycles. The molecule has 0 aliphatic carbocycles. The van der Waals surface area contributed by atoms with Gasteiger partial charge in [-0.25, -0.2) is 4.79 Å².